The molecular formula is C23H29N5O4. The molecule has 0 saturated carbocycles. The third-order valence-electron chi connectivity index (χ3n) is 6.12. The van der Waals surface area contributed by atoms with E-state index in [1.54, 1.807) is 17.9 Å². The second-order valence-corrected chi connectivity index (χ2v) is 8.34. The first-order chi connectivity index (χ1) is 15.5. The Balaban J connectivity index is 1.27. The number of hydrogen-bond donors (Lipinski definition) is 3. The molecule has 0 radical (unpaired) electrons. The van der Waals surface area contributed by atoms with Gasteiger partial charge in [-0.2, -0.15) is 5.10 Å². The second-order valence-electron chi connectivity index (χ2n) is 8.34. The van der Waals surface area contributed by atoms with E-state index in [1.807, 2.05) is 12.1 Å². The minimum absolute atomic E-state index is 0.0664. The highest BCUT2D eigenvalue weighted by Gasteiger charge is 2.25. The number of rotatable bonds is 6. The van der Waals surface area contributed by atoms with E-state index in [9.17, 15) is 14.7 Å². The van der Waals surface area contributed by atoms with Crippen LogP contribution in [0.3, 0.4) is 0 Å². The summed E-state index contributed by atoms with van der Waals surface area (Å²) in [4.78, 5) is 25.8. The molecule has 0 aliphatic carbocycles. The third kappa shape index (κ3) is 5.41. The van der Waals surface area contributed by atoms with Crippen LogP contribution in [-0.4, -0.2) is 69.9 Å². The first kappa shape index (κ1) is 22.2. The van der Waals surface area contributed by atoms with E-state index in [2.05, 4.69) is 33.0 Å². The Hall–Kier alpha value is -3.04. The van der Waals surface area contributed by atoms with Crippen LogP contribution in [0.2, 0.25) is 0 Å². The predicted molar refractivity (Wildman–Crippen MR) is 117 cm³/mol. The molecule has 2 aromatic rings. The second kappa shape index (κ2) is 10.1. The van der Waals surface area contributed by atoms with Crippen molar-refractivity contribution in [1.82, 2.24) is 25.7 Å². The number of nitrogens with one attached hydrogen (secondary N) is 2. The molecule has 2 aliphatic rings. The molecule has 4 rings (SSSR count). The maximum atomic E-state index is 12.6. The molecule has 1 aromatic heterocycles. The summed E-state index contributed by atoms with van der Waals surface area (Å²) in [7, 11) is 0. The number of aliphatic hydroxyl groups excluding tert-OH is 1. The Bertz CT molecular complexity index is 961. The monoisotopic (exact) mass is 439 g/mol. The first-order valence-electron chi connectivity index (χ1n) is 11.0. The Kier molecular flexibility index (Phi) is 6.96. The molecule has 9 heteroatoms. The van der Waals surface area contributed by atoms with Gasteiger partial charge in [0.25, 0.3) is 5.91 Å². The number of aromatic nitrogens is 2. The minimum atomic E-state index is -0.718. The number of fused-ring (bicyclic) bond motifs is 1. The Morgan fingerprint density at radius 2 is 2.03 bits per heavy atom. The summed E-state index contributed by atoms with van der Waals surface area (Å²) in [5, 5.41) is 24.5. The van der Waals surface area contributed by atoms with Gasteiger partial charge in [-0.25, -0.2) is 0 Å². The Morgan fingerprint density at radius 3 is 2.78 bits per heavy atom. The van der Waals surface area contributed by atoms with E-state index in [1.165, 1.54) is 17.3 Å². The SMILES string of the molecule is CC(=O)N1CCC(Oc2cc(C(=O)NCC(O)C3Cc4ccccc4CN3)cnn2)CC1. The lowest BCUT2D eigenvalue weighted by molar-refractivity contribution is -0.130. The van der Waals surface area contributed by atoms with Crippen LogP contribution < -0.4 is 15.4 Å². The van der Waals surface area contributed by atoms with Crippen molar-refractivity contribution in [2.75, 3.05) is 19.6 Å². The summed E-state index contributed by atoms with van der Waals surface area (Å²) >= 11 is 0. The zero-order valence-corrected chi connectivity index (χ0v) is 18.2. The third-order valence-corrected chi connectivity index (χ3v) is 6.12. The van der Waals surface area contributed by atoms with Gasteiger partial charge in [0, 0.05) is 58.1 Å². The molecule has 170 valence electrons. The minimum Gasteiger partial charge on any atom is -0.473 e. The van der Waals surface area contributed by atoms with Crippen molar-refractivity contribution in [1.29, 1.82) is 0 Å². The lowest BCUT2D eigenvalue weighted by Crippen LogP contribution is -2.49. The van der Waals surface area contributed by atoms with E-state index in [0.29, 0.717) is 44.5 Å². The molecule has 2 atom stereocenters. The van der Waals surface area contributed by atoms with Gasteiger partial charge in [0.05, 0.1) is 17.9 Å². The number of piperidine rings is 1. The topological polar surface area (TPSA) is 117 Å². The molecule has 0 bridgehead atoms. The predicted octanol–water partition coefficient (Wildman–Crippen LogP) is 0.672. The highest BCUT2D eigenvalue weighted by Crippen LogP contribution is 2.19. The molecule has 3 heterocycles. The number of nitrogens with zero attached hydrogens (tertiary/aromatic N) is 3. The molecule has 1 saturated heterocycles. The first-order valence-corrected chi connectivity index (χ1v) is 11.0. The Labute approximate surface area is 187 Å². The van der Waals surface area contributed by atoms with Gasteiger partial charge in [-0.05, 0) is 17.5 Å². The quantitative estimate of drug-likeness (QED) is 0.606. The van der Waals surface area contributed by atoms with Gasteiger partial charge < -0.3 is 25.4 Å². The smallest absolute Gasteiger partial charge is 0.253 e. The van der Waals surface area contributed by atoms with Gasteiger partial charge >= 0.3 is 0 Å². The maximum absolute atomic E-state index is 12.6. The van der Waals surface area contributed by atoms with Crippen LogP contribution in [-0.2, 0) is 17.8 Å². The average Bonchev–Trinajstić information content (AvgIpc) is 2.82. The molecule has 2 unspecified atom stereocenters. The number of aliphatic hydroxyl groups is 1. The number of hydrogen-bond acceptors (Lipinski definition) is 7. The van der Waals surface area contributed by atoms with Crippen LogP contribution in [0.5, 0.6) is 5.88 Å². The number of amides is 2. The fourth-order valence-corrected chi connectivity index (χ4v) is 4.18. The Morgan fingerprint density at radius 1 is 1.28 bits per heavy atom. The van der Waals surface area contributed by atoms with Crippen LogP contribution in [0, 0.1) is 0 Å². The molecule has 1 fully saturated rings. The molecule has 1 aromatic carbocycles. The summed E-state index contributed by atoms with van der Waals surface area (Å²) in [6.07, 6.45) is 2.72. The van der Waals surface area contributed by atoms with E-state index in [-0.39, 0.29) is 36.4 Å². The molecular weight excluding hydrogens is 410 g/mol. The van der Waals surface area contributed by atoms with E-state index in [0.717, 1.165) is 0 Å². The summed E-state index contributed by atoms with van der Waals surface area (Å²) in [6, 6.07) is 9.59. The van der Waals surface area contributed by atoms with Crippen molar-refractivity contribution < 1.29 is 19.4 Å². The molecule has 32 heavy (non-hydrogen) atoms. The molecule has 2 aliphatic heterocycles. The van der Waals surface area contributed by atoms with Crippen molar-refractivity contribution in [3.8, 4) is 5.88 Å². The van der Waals surface area contributed by atoms with Crippen molar-refractivity contribution in [2.45, 2.75) is 51.0 Å². The standard InChI is InChI=1S/C23H29N5O4/c1-15(29)28-8-6-19(7-9-28)32-22-11-18(13-26-27-22)23(31)25-14-21(30)20-10-16-4-2-3-5-17(16)12-24-20/h2-5,11,13,19-21,24,30H,6-10,12,14H2,1H3,(H,25,31). The summed E-state index contributed by atoms with van der Waals surface area (Å²) in [5.41, 5.74) is 2.78. The maximum Gasteiger partial charge on any atom is 0.253 e. The van der Waals surface area contributed by atoms with Gasteiger partial charge in [0.15, 0.2) is 0 Å². The van der Waals surface area contributed by atoms with Crippen molar-refractivity contribution >= 4 is 11.8 Å². The largest absolute Gasteiger partial charge is 0.473 e. The van der Waals surface area contributed by atoms with E-state index < -0.39 is 6.10 Å². The lowest BCUT2D eigenvalue weighted by atomic mass is 9.93. The summed E-state index contributed by atoms with van der Waals surface area (Å²) < 4.78 is 5.88. The van der Waals surface area contributed by atoms with E-state index in [4.69, 9.17) is 4.74 Å². The van der Waals surface area contributed by atoms with Crippen LogP contribution in [0.4, 0.5) is 0 Å². The number of ether oxygens (including phenoxy) is 1. The number of benzene rings is 1. The van der Waals surface area contributed by atoms with Gasteiger partial charge in [0.2, 0.25) is 11.8 Å². The zero-order valence-electron chi connectivity index (χ0n) is 18.2. The van der Waals surface area contributed by atoms with Gasteiger partial charge in [-0.3, -0.25) is 9.59 Å². The van der Waals surface area contributed by atoms with Crippen molar-refractivity contribution in [3.63, 3.8) is 0 Å². The number of carbonyl (C=O) groups is 2. The number of likely N-dealkylation sites (tertiary alicyclic amines) is 1. The van der Waals surface area contributed by atoms with Crippen LogP contribution in [0.1, 0.15) is 41.3 Å². The highest BCUT2D eigenvalue weighted by atomic mass is 16.5. The summed E-state index contributed by atoms with van der Waals surface area (Å²) in [5.74, 6) is 0.00756. The van der Waals surface area contributed by atoms with Crippen molar-refractivity contribution in [3.05, 3.63) is 53.2 Å². The lowest BCUT2D eigenvalue weighted by Gasteiger charge is -2.31. The zero-order chi connectivity index (χ0) is 22.5. The van der Waals surface area contributed by atoms with E-state index >= 15 is 0 Å². The molecule has 0 spiro atoms. The summed E-state index contributed by atoms with van der Waals surface area (Å²) in [6.45, 7) is 3.68. The fraction of sp³-hybridized carbons (Fsp3) is 0.478. The van der Waals surface area contributed by atoms with Crippen LogP contribution in [0.25, 0.3) is 0 Å². The van der Waals surface area contributed by atoms with Gasteiger partial charge in [-0.15, -0.1) is 5.10 Å². The van der Waals surface area contributed by atoms with Gasteiger partial charge in [-0.1, -0.05) is 24.3 Å². The fourth-order valence-electron chi connectivity index (χ4n) is 4.18. The molecule has 2 amide bonds. The van der Waals surface area contributed by atoms with Crippen LogP contribution >= 0.6 is 0 Å². The van der Waals surface area contributed by atoms with Gasteiger partial charge in [0.1, 0.15) is 6.10 Å². The average molecular weight is 440 g/mol. The molecule has 9 nitrogen and oxygen atoms in total. The van der Waals surface area contributed by atoms with Crippen molar-refractivity contribution in [2.24, 2.45) is 0 Å². The normalized spacial score (nSPS) is 19.7. The molecule has 3 N–H and O–H groups in total. The number of carbonyl (C=O) groups excluding carboxylic acids is 2. The van der Waals surface area contributed by atoms with Crippen LogP contribution in [0.15, 0.2) is 36.5 Å². The highest BCUT2D eigenvalue weighted by molar-refractivity contribution is 5.94.